The van der Waals surface area contributed by atoms with E-state index in [4.69, 9.17) is 5.11 Å². The highest BCUT2D eigenvalue weighted by molar-refractivity contribution is 5.85. The number of aliphatic carboxylic acids is 1. The SMILES string of the molecule is CCOC(=O)C(O)C(O)c1ccc(/C=C/C(=O)O)cc1. The molecule has 1 aromatic carbocycles. The second kappa shape index (κ2) is 7.42. The largest absolute Gasteiger partial charge is 0.478 e. The van der Waals surface area contributed by atoms with Crippen LogP contribution in [0, 0.1) is 0 Å². The van der Waals surface area contributed by atoms with E-state index in [2.05, 4.69) is 4.74 Å². The molecule has 20 heavy (non-hydrogen) atoms. The Kier molecular flexibility index (Phi) is 5.89. The van der Waals surface area contributed by atoms with Crippen molar-refractivity contribution in [1.29, 1.82) is 0 Å². The molecule has 2 atom stereocenters. The van der Waals surface area contributed by atoms with Crippen molar-refractivity contribution in [1.82, 2.24) is 0 Å². The monoisotopic (exact) mass is 280 g/mol. The number of ether oxygens (including phenoxy) is 1. The Morgan fingerprint density at radius 3 is 2.35 bits per heavy atom. The predicted molar refractivity (Wildman–Crippen MR) is 70.7 cm³/mol. The van der Waals surface area contributed by atoms with Crippen LogP contribution < -0.4 is 0 Å². The summed E-state index contributed by atoms with van der Waals surface area (Å²) in [7, 11) is 0. The maximum atomic E-state index is 11.3. The van der Waals surface area contributed by atoms with Crippen molar-refractivity contribution < 1.29 is 29.6 Å². The Bertz CT molecular complexity index is 491. The molecule has 0 bridgehead atoms. The smallest absolute Gasteiger partial charge is 0.338 e. The highest BCUT2D eigenvalue weighted by Gasteiger charge is 2.26. The molecule has 0 aromatic heterocycles. The molecule has 0 saturated heterocycles. The number of rotatable bonds is 6. The van der Waals surface area contributed by atoms with E-state index in [0.29, 0.717) is 11.1 Å². The van der Waals surface area contributed by atoms with Crippen LogP contribution in [-0.4, -0.2) is 40.0 Å². The summed E-state index contributed by atoms with van der Waals surface area (Å²) in [6, 6.07) is 6.12. The molecule has 0 aliphatic carbocycles. The maximum Gasteiger partial charge on any atom is 0.338 e. The van der Waals surface area contributed by atoms with Crippen molar-refractivity contribution in [3.63, 3.8) is 0 Å². The molecular formula is C14H16O6. The van der Waals surface area contributed by atoms with Gasteiger partial charge in [0.15, 0.2) is 6.10 Å². The topological polar surface area (TPSA) is 104 Å². The molecule has 6 nitrogen and oxygen atoms in total. The van der Waals surface area contributed by atoms with Crippen LogP contribution in [0.15, 0.2) is 30.3 Å². The number of hydrogen-bond donors (Lipinski definition) is 3. The first-order valence-corrected chi connectivity index (χ1v) is 5.99. The zero-order chi connectivity index (χ0) is 15.1. The highest BCUT2D eigenvalue weighted by atomic mass is 16.5. The fraction of sp³-hybridized carbons (Fsp3) is 0.286. The summed E-state index contributed by atoms with van der Waals surface area (Å²) in [6.45, 7) is 1.71. The Labute approximate surface area is 115 Å². The number of esters is 1. The number of aliphatic hydroxyl groups excluding tert-OH is 2. The molecule has 0 aliphatic heterocycles. The number of benzene rings is 1. The summed E-state index contributed by atoms with van der Waals surface area (Å²) >= 11 is 0. The summed E-state index contributed by atoms with van der Waals surface area (Å²) in [6.07, 6.45) is -0.680. The first-order valence-electron chi connectivity index (χ1n) is 5.99. The quantitative estimate of drug-likeness (QED) is 0.524. The predicted octanol–water partition coefficient (Wildman–Crippen LogP) is 0.742. The van der Waals surface area contributed by atoms with E-state index >= 15 is 0 Å². The van der Waals surface area contributed by atoms with Gasteiger partial charge in [-0.15, -0.1) is 0 Å². The molecule has 108 valence electrons. The second-order valence-electron chi connectivity index (χ2n) is 3.98. The van der Waals surface area contributed by atoms with E-state index < -0.39 is 24.1 Å². The molecule has 2 unspecified atom stereocenters. The minimum atomic E-state index is -1.66. The number of carboxylic acid groups (broad SMARTS) is 1. The summed E-state index contributed by atoms with van der Waals surface area (Å²) in [4.78, 5) is 21.7. The Hall–Kier alpha value is -2.18. The van der Waals surface area contributed by atoms with Gasteiger partial charge in [-0.05, 0) is 24.1 Å². The lowest BCUT2D eigenvalue weighted by atomic mass is 10.0. The Morgan fingerprint density at radius 2 is 1.85 bits per heavy atom. The lowest BCUT2D eigenvalue weighted by Gasteiger charge is -2.16. The average Bonchev–Trinajstić information content (AvgIpc) is 2.44. The third kappa shape index (κ3) is 4.49. The molecule has 0 saturated carbocycles. The number of carbonyl (C=O) groups is 2. The maximum absolute atomic E-state index is 11.3. The van der Waals surface area contributed by atoms with E-state index in [1.807, 2.05) is 0 Å². The fourth-order valence-electron chi connectivity index (χ4n) is 1.51. The highest BCUT2D eigenvalue weighted by Crippen LogP contribution is 2.19. The van der Waals surface area contributed by atoms with Crippen LogP contribution in [0.1, 0.15) is 24.2 Å². The fourth-order valence-corrected chi connectivity index (χ4v) is 1.51. The van der Waals surface area contributed by atoms with Crippen LogP contribution in [0.5, 0.6) is 0 Å². The van der Waals surface area contributed by atoms with Gasteiger partial charge in [0.1, 0.15) is 6.10 Å². The minimum absolute atomic E-state index is 0.113. The zero-order valence-electron chi connectivity index (χ0n) is 10.9. The summed E-state index contributed by atoms with van der Waals surface area (Å²) in [5.74, 6) is -1.96. The van der Waals surface area contributed by atoms with Gasteiger partial charge in [0.2, 0.25) is 0 Å². The molecule has 0 radical (unpaired) electrons. The van der Waals surface area contributed by atoms with Crippen LogP contribution in [0.3, 0.4) is 0 Å². The molecule has 0 amide bonds. The Balaban J connectivity index is 2.77. The lowest BCUT2D eigenvalue weighted by molar-refractivity contribution is -0.159. The molecular weight excluding hydrogens is 264 g/mol. The van der Waals surface area contributed by atoms with Crippen molar-refractivity contribution in [2.24, 2.45) is 0 Å². The van der Waals surface area contributed by atoms with Crippen molar-refractivity contribution in [3.05, 3.63) is 41.5 Å². The first kappa shape index (κ1) is 15.9. The van der Waals surface area contributed by atoms with E-state index in [-0.39, 0.29) is 6.61 Å². The van der Waals surface area contributed by atoms with Gasteiger partial charge in [0.25, 0.3) is 0 Å². The number of hydrogen-bond acceptors (Lipinski definition) is 5. The van der Waals surface area contributed by atoms with Gasteiger partial charge < -0.3 is 20.1 Å². The zero-order valence-corrected chi connectivity index (χ0v) is 10.9. The van der Waals surface area contributed by atoms with E-state index in [1.54, 1.807) is 19.1 Å². The lowest BCUT2D eigenvalue weighted by Crippen LogP contribution is -2.29. The third-order valence-electron chi connectivity index (χ3n) is 2.52. The van der Waals surface area contributed by atoms with Gasteiger partial charge >= 0.3 is 11.9 Å². The van der Waals surface area contributed by atoms with Crippen LogP contribution in [-0.2, 0) is 14.3 Å². The summed E-state index contributed by atoms with van der Waals surface area (Å²) in [5.41, 5.74) is 0.951. The molecule has 1 aromatic rings. The molecule has 6 heteroatoms. The number of carbonyl (C=O) groups excluding carboxylic acids is 1. The summed E-state index contributed by atoms with van der Waals surface area (Å²) in [5, 5.41) is 27.9. The van der Waals surface area contributed by atoms with E-state index in [9.17, 15) is 19.8 Å². The standard InChI is InChI=1S/C14H16O6/c1-2-20-14(19)13(18)12(17)10-6-3-9(4-7-10)5-8-11(15)16/h3-8,12-13,17-18H,2H2,1H3,(H,15,16)/b8-5+. The molecule has 0 heterocycles. The molecule has 0 aliphatic rings. The number of carboxylic acids is 1. The van der Waals surface area contributed by atoms with E-state index in [1.165, 1.54) is 18.2 Å². The number of aliphatic hydroxyl groups is 2. The van der Waals surface area contributed by atoms with Gasteiger partial charge in [0, 0.05) is 6.08 Å². The van der Waals surface area contributed by atoms with Gasteiger partial charge in [-0.25, -0.2) is 9.59 Å². The van der Waals surface area contributed by atoms with Crippen molar-refractivity contribution >= 4 is 18.0 Å². The van der Waals surface area contributed by atoms with Gasteiger partial charge in [-0.3, -0.25) is 0 Å². The van der Waals surface area contributed by atoms with Crippen LogP contribution in [0.2, 0.25) is 0 Å². The molecule has 0 fully saturated rings. The Morgan fingerprint density at radius 1 is 1.25 bits per heavy atom. The van der Waals surface area contributed by atoms with Gasteiger partial charge in [-0.2, -0.15) is 0 Å². The van der Waals surface area contributed by atoms with Crippen molar-refractivity contribution in [2.75, 3.05) is 6.61 Å². The summed E-state index contributed by atoms with van der Waals surface area (Å²) < 4.78 is 4.61. The van der Waals surface area contributed by atoms with Crippen molar-refractivity contribution in [3.8, 4) is 0 Å². The van der Waals surface area contributed by atoms with Gasteiger partial charge in [0.05, 0.1) is 6.61 Å². The van der Waals surface area contributed by atoms with E-state index in [0.717, 1.165) is 6.08 Å². The average molecular weight is 280 g/mol. The molecule has 3 N–H and O–H groups in total. The van der Waals surface area contributed by atoms with Crippen LogP contribution >= 0.6 is 0 Å². The van der Waals surface area contributed by atoms with Crippen LogP contribution in [0.25, 0.3) is 6.08 Å². The minimum Gasteiger partial charge on any atom is -0.478 e. The normalized spacial score (nSPS) is 13.9. The molecule has 0 spiro atoms. The second-order valence-corrected chi connectivity index (χ2v) is 3.98. The van der Waals surface area contributed by atoms with Gasteiger partial charge in [-0.1, -0.05) is 24.3 Å². The van der Waals surface area contributed by atoms with Crippen molar-refractivity contribution in [2.45, 2.75) is 19.1 Å². The third-order valence-corrected chi connectivity index (χ3v) is 2.52. The van der Waals surface area contributed by atoms with Crippen LogP contribution in [0.4, 0.5) is 0 Å². The molecule has 1 rings (SSSR count). The first-order chi connectivity index (χ1) is 9.45.